The number of morpholine rings is 1. The summed E-state index contributed by atoms with van der Waals surface area (Å²) in [5, 5.41) is 7.66. The van der Waals surface area contributed by atoms with Crippen molar-refractivity contribution >= 4 is 5.65 Å². The lowest BCUT2D eigenvalue weighted by molar-refractivity contribution is -0.182. The standard InChI is InChI=1S/C18H22F4N4O/c1-10-8-13(14-9-23-6-7-27-14)26-17(24-10)15(19)16(25-26)11-2-4-12(5-3-11)18(20,21)22/h8,11-12,14,23H,2-7,9H2,1H3/t11-,12-,14-/m1/s1. The van der Waals surface area contributed by atoms with Crippen molar-refractivity contribution < 1.29 is 22.3 Å². The first-order valence-electron chi connectivity index (χ1n) is 9.29. The summed E-state index contributed by atoms with van der Waals surface area (Å²) in [5.74, 6) is -2.14. The number of ether oxygens (including phenoxy) is 1. The number of hydrogen-bond donors (Lipinski definition) is 1. The van der Waals surface area contributed by atoms with Crippen LogP contribution in [-0.2, 0) is 4.74 Å². The van der Waals surface area contributed by atoms with Gasteiger partial charge in [-0.15, -0.1) is 0 Å². The quantitative estimate of drug-likeness (QED) is 0.801. The number of rotatable bonds is 2. The number of fused-ring (bicyclic) bond motifs is 1. The monoisotopic (exact) mass is 386 g/mol. The van der Waals surface area contributed by atoms with Gasteiger partial charge in [0.15, 0.2) is 11.5 Å². The predicted molar refractivity (Wildman–Crippen MR) is 90.0 cm³/mol. The zero-order valence-electron chi connectivity index (χ0n) is 15.0. The molecule has 27 heavy (non-hydrogen) atoms. The molecule has 5 nitrogen and oxygen atoms in total. The number of hydrogen-bond acceptors (Lipinski definition) is 4. The minimum Gasteiger partial charge on any atom is -0.369 e. The first-order chi connectivity index (χ1) is 12.8. The van der Waals surface area contributed by atoms with Crippen molar-refractivity contribution in [2.24, 2.45) is 5.92 Å². The van der Waals surface area contributed by atoms with Gasteiger partial charge in [0, 0.05) is 24.7 Å². The minimum atomic E-state index is -4.18. The van der Waals surface area contributed by atoms with Crippen LogP contribution in [0.4, 0.5) is 17.6 Å². The summed E-state index contributed by atoms with van der Waals surface area (Å²) in [4.78, 5) is 4.27. The van der Waals surface area contributed by atoms with Gasteiger partial charge in [-0.05, 0) is 38.7 Å². The van der Waals surface area contributed by atoms with E-state index in [0.29, 0.717) is 24.5 Å². The molecule has 1 saturated heterocycles. The Kier molecular flexibility index (Phi) is 4.84. The van der Waals surface area contributed by atoms with Crippen molar-refractivity contribution in [2.75, 3.05) is 19.7 Å². The van der Waals surface area contributed by atoms with E-state index >= 15 is 4.39 Å². The molecule has 0 unspecified atom stereocenters. The van der Waals surface area contributed by atoms with Crippen LogP contribution >= 0.6 is 0 Å². The third-order valence-electron chi connectivity index (χ3n) is 5.55. The van der Waals surface area contributed by atoms with E-state index in [9.17, 15) is 13.2 Å². The highest BCUT2D eigenvalue weighted by Crippen LogP contribution is 2.43. The van der Waals surface area contributed by atoms with Gasteiger partial charge in [0.25, 0.3) is 0 Å². The van der Waals surface area contributed by atoms with Crippen molar-refractivity contribution in [3.8, 4) is 0 Å². The largest absolute Gasteiger partial charge is 0.391 e. The van der Waals surface area contributed by atoms with Gasteiger partial charge in [0.2, 0.25) is 0 Å². The molecule has 3 heterocycles. The van der Waals surface area contributed by atoms with Crippen molar-refractivity contribution in [2.45, 2.75) is 50.8 Å². The van der Waals surface area contributed by atoms with Crippen LogP contribution in [0.2, 0.25) is 0 Å². The van der Waals surface area contributed by atoms with E-state index in [1.165, 1.54) is 4.52 Å². The van der Waals surface area contributed by atoms with Gasteiger partial charge in [-0.3, -0.25) is 0 Å². The number of nitrogens with one attached hydrogen (secondary N) is 1. The number of aromatic nitrogens is 3. The smallest absolute Gasteiger partial charge is 0.369 e. The Hall–Kier alpha value is -1.74. The first-order valence-corrected chi connectivity index (χ1v) is 9.29. The van der Waals surface area contributed by atoms with E-state index in [1.807, 2.05) is 6.07 Å². The highest BCUT2D eigenvalue weighted by atomic mass is 19.4. The summed E-state index contributed by atoms with van der Waals surface area (Å²) in [6, 6.07) is 1.82. The molecule has 1 atom stereocenters. The third kappa shape index (κ3) is 3.54. The maximum absolute atomic E-state index is 15.0. The summed E-state index contributed by atoms with van der Waals surface area (Å²) in [6.45, 7) is 3.67. The molecule has 9 heteroatoms. The number of alkyl halides is 3. The highest BCUT2D eigenvalue weighted by Gasteiger charge is 2.42. The third-order valence-corrected chi connectivity index (χ3v) is 5.55. The molecule has 2 aromatic heterocycles. The molecule has 0 radical (unpaired) electrons. The van der Waals surface area contributed by atoms with Crippen molar-refractivity contribution in [3.05, 3.63) is 29.0 Å². The molecule has 1 N–H and O–H groups in total. The van der Waals surface area contributed by atoms with Crippen LogP contribution in [0.5, 0.6) is 0 Å². The van der Waals surface area contributed by atoms with Gasteiger partial charge in [-0.2, -0.15) is 18.3 Å². The fourth-order valence-corrected chi connectivity index (χ4v) is 4.10. The van der Waals surface area contributed by atoms with Crippen LogP contribution < -0.4 is 5.32 Å². The van der Waals surface area contributed by atoms with Gasteiger partial charge in [0.1, 0.15) is 11.8 Å². The van der Waals surface area contributed by atoms with Gasteiger partial charge in [-0.1, -0.05) is 0 Å². The molecule has 0 aromatic carbocycles. The van der Waals surface area contributed by atoms with Crippen LogP contribution in [0, 0.1) is 18.7 Å². The maximum atomic E-state index is 15.0. The van der Waals surface area contributed by atoms with E-state index in [4.69, 9.17) is 4.74 Å². The Balaban J connectivity index is 1.66. The Morgan fingerprint density at radius 2 is 1.96 bits per heavy atom. The lowest BCUT2D eigenvalue weighted by atomic mass is 9.80. The summed E-state index contributed by atoms with van der Waals surface area (Å²) in [5.41, 5.74) is 1.70. The molecule has 2 aromatic rings. The zero-order chi connectivity index (χ0) is 19.2. The van der Waals surface area contributed by atoms with Crippen molar-refractivity contribution in [1.29, 1.82) is 0 Å². The Bertz CT molecular complexity index is 821. The molecular formula is C18H22F4N4O. The molecule has 148 valence electrons. The fraction of sp³-hybridized carbons (Fsp3) is 0.667. The highest BCUT2D eigenvalue weighted by molar-refractivity contribution is 5.45. The molecule has 1 aliphatic carbocycles. The second-order valence-electron chi connectivity index (χ2n) is 7.41. The lowest BCUT2D eigenvalue weighted by Gasteiger charge is -2.28. The molecular weight excluding hydrogens is 364 g/mol. The van der Waals surface area contributed by atoms with E-state index in [-0.39, 0.29) is 49.0 Å². The van der Waals surface area contributed by atoms with E-state index < -0.39 is 17.9 Å². The van der Waals surface area contributed by atoms with Gasteiger partial charge >= 0.3 is 6.18 Å². The first kappa shape index (κ1) is 18.6. The second-order valence-corrected chi connectivity index (χ2v) is 7.41. The fourth-order valence-electron chi connectivity index (χ4n) is 4.10. The molecule has 0 spiro atoms. The Morgan fingerprint density at radius 3 is 2.59 bits per heavy atom. The molecule has 0 amide bonds. The van der Waals surface area contributed by atoms with Gasteiger partial charge in [0.05, 0.1) is 18.2 Å². The Labute approximate surface area is 154 Å². The second kappa shape index (κ2) is 7.01. The summed E-state index contributed by atoms with van der Waals surface area (Å²) >= 11 is 0. The van der Waals surface area contributed by atoms with Crippen molar-refractivity contribution in [1.82, 2.24) is 19.9 Å². The molecule has 2 aliphatic rings. The maximum Gasteiger partial charge on any atom is 0.391 e. The normalized spacial score (nSPS) is 27.2. The minimum absolute atomic E-state index is 0.0104. The van der Waals surface area contributed by atoms with Gasteiger partial charge < -0.3 is 10.1 Å². The van der Waals surface area contributed by atoms with E-state index in [1.54, 1.807) is 6.92 Å². The van der Waals surface area contributed by atoms with Gasteiger partial charge in [-0.25, -0.2) is 13.9 Å². The Morgan fingerprint density at radius 1 is 1.22 bits per heavy atom. The molecule has 4 rings (SSSR count). The molecule has 1 aliphatic heterocycles. The van der Waals surface area contributed by atoms with Crippen LogP contribution in [0.15, 0.2) is 6.07 Å². The van der Waals surface area contributed by atoms with E-state index in [0.717, 1.165) is 6.54 Å². The van der Waals surface area contributed by atoms with Crippen LogP contribution in [0.3, 0.4) is 0 Å². The predicted octanol–water partition coefficient (Wildman–Crippen LogP) is 3.67. The van der Waals surface area contributed by atoms with Crippen molar-refractivity contribution in [3.63, 3.8) is 0 Å². The molecule has 2 fully saturated rings. The SMILES string of the molecule is Cc1cc([C@H]2CNCCO2)n2nc([C@H]3CC[C@H](C(F)(F)F)CC3)c(F)c2n1. The summed E-state index contributed by atoms with van der Waals surface area (Å²) in [7, 11) is 0. The number of halogens is 4. The number of aryl methyl sites for hydroxylation is 1. The lowest BCUT2D eigenvalue weighted by Crippen LogP contribution is -2.34. The topological polar surface area (TPSA) is 51.5 Å². The average Bonchev–Trinajstić information content (AvgIpc) is 2.98. The zero-order valence-corrected chi connectivity index (χ0v) is 15.0. The average molecular weight is 386 g/mol. The van der Waals surface area contributed by atoms with E-state index in [2.05, 4.69) is 15.4 Å². The number of nitrogens with zero attached hydrogens (tertiary/aromatic N) is 3. The summed E-state index contributed by atoms with van der Waals surface area (Å²) in [6.07, 6.45) is -3.87. The van der Waals surface area contributed by atoms with Crippen LogP contribution in [0.1, 0.15) is 54.8 Å². The van der Waals surface area contributed by atoms with Crippen LogP contribution in [-0.4, -0.2) is 40.5 Å². The van der Waals surface area contributed by atoms with Crippen LogP contribution in [0.25, 0.3) is 5.65 Å². The molecule has 0 bridgehead atoms. The summed E-state index contributed by atoms with van der Waals surface area (Å²) < 4.78 is 61.0. The molecule has 1 saturated carbocycles.